The van der Waals surface area contributed by atoms with Crippen molar-refractivity contribution in [1.82, 2.24) is 0 Å². The van der Waals surface area contributed by atoms with E-state index in [0.717, 1.165) is 12.1 Å². The van der Waals surface area contributed by atoms with Gasteiger partial charge in [0.05, 0.1) is 5.56 Å². The minimum Gasteiger partial charge on any atom is -0.206 e. The molecular formula is C11H3F2N3. The van der Waals surface area contributed by atoms with Gasteiger partial charge in [0.2, 0.25) is 0 Å². The van der Waals surface area contributed by atoms with Crippen molar-refractivity contribution in [3.05, 3.63) is 40.5 Å². The van der Waals surface area contributed by atoms with E-state index in [9.17, 15) is 8.78 Å². The SMILES string of the molecule is N#CC(C#N)=Cc1cc(F)c(C#N)cc1F. The van der Waals surface area contributed by atoms with E-state index in [1.807, 2.05) is 0 Å². The summed E-state index contributed by atoms with van der Waals surface area (Å²) in [6.07, 6.45) is 0.916. The molecular weight excluding hydrogens is 212 g/mol. The zero-order chi connectivity index (χ0) is 12.1. The van der Waals surface area contributed by atoms with Gasteiger partial charge in [-0.05, 0) is 18.2 Å². The van der Waals surface area contributed by atoms with Crippen LogP contribution in [0.3, 0.4) is 0 Å². The van der Waals surface area contributed by atoms with Crippen molar-refractivity contribution in [2.24, 2.45) is 0 Å². The molecule has 16 heavy (non-hydrogen) atoms. The number of hydrogen-bond donors (Lipinski definition) is 0. The smallest absolute Gasteiger partial charge is 0.141 e. The van der Waals surface area contributed by atoms with Crippen molar-refractivity contribution in [2.75, 3.05) is 0 Å². The minimum atomic E-state index is -0.898. The van der Waals surface area contributed by atoms with Crippen LogP contribution < -0.4 is 0 Å². The number of rotatable bonds is 1. The molecule has 1 aromatic carbocycles. The molecule has 1 aromatic rings. The monoisotopic (exact) mass is 215 g/mol. The summed E-state index contributed by atoms with van der Waals surface area (Å²) in [5, 5.41) is 25.3. The van der Waals surface area contributed by atoms with E-state index >= 15 is 0 Å². The van der Waals surface area contributed by atoms with Gasteiger partial charge in [0.15, 0.2) is 0 Å². The lowest BCUT2D eigenvalue weighted by atomic mass is 10.1. The standard InChI is InChI=1S/C11H3F2N3/c12-10-3-9(6-16)11(13)2-8(10)1-7(4-14)5-15/h1-3H. The minimum absolute atomic E-state index is 0.241. The first-order chi connectivity index (χ1) is 7.62. The number of halogens is 2. The molecule has 0 aliphatic heterocycles. The van der Waals surface area contributed by atoms with Gasteiger partial charge >= 0.3 is 0 Å². The topological polar surface area (TPSA) is 71.4 Å². The summed E-state index contributed by atoms with van der Waals surface area (Å²) in [7, 11) is 0. The van der Waals surface area contributed by atoms with Crippen molar-refractivity contribution < 1.29 is 8.78 Å². The van der Waals surface area contributed by atoms with Crippen molar-refractivity contribution in [3.63, 3.8) is 0 Å². The number of nitrogens with zero attached hydrogens (tertiary/aromatic N) is 3. The highest BCUT2D eigenvalue weighted by Gasteiger charge is 2.08. The van der Waals surface area contributed by atoms with Crippen molar-refractivity contribution in [3.8, 4) is 18.2 Å². The summed E-state index contributed by atoms with van der Waals surface area (Å²) in [6, 6.07) is 6.00. The maximum Gasteiger partial charge on any atom is 0.141 e. The van der Waals surface area contributed by atoms with Gasteiger partial charge in [-0.25, -0.2) is 8.78 Å². The molecule has 0 atom stereocenters. The first kappa shape index (κ1) is 11.4. The Kier molecular flexibility index (Phi) is 3.33. The molecule has 0 bridgehead atoms. The number of benzene rings is 1. The van der Waals surface area contributed by atoms with Crippen molar-refractivity contribution in [2.45, 2.75) is 0 Å². The third-order valence-electron chi connectivity index (χ3n) is 1.75. The summed E-state index contributed by atoms with van der Waals surface area (Å²) in [5.74, 6) is -1.76. The van der Waals surface area contributed by atoms with Crippen LogP contribution in [0.5, 0.6) is 0 Å². The maximum absolute atomic E-state index is 13.3. The largest absolute Gasteiger partial charge is 0.206 e. The van der Waals surface area contributed by atoms with Crippen LogP contribution >= 0.6 is 0 Å². The molecule has 0 radical (unpaired) electrons. The first-order valence-electron chi connectivity index (χ1n) is 4.03. The molecule has 0 aliphatic rings. The molecule has 0 N–H and O–H groups in total. The molecule has 0 amide bonds. The number of nitriles is 3. The summed E-state index contributed by atoms with van der Waals surface area (Å²) in [6.45, 7) is 0. The van der Waals surface area contributed by atoms with Crippen LogP contribution in [0.15, 0.2) is 17.7 Å². The lowest BCUT2D eigenvalue weighted by molar-refractivity contribution is 0.594. The third-order valence-corrected chi connectivity index (χ3v) is 1.75. The zero-order valence-corrected chi connectivity index (χ0v) is 7.83. The normalized spacial score (nSPS) is 8.44. The molecule has 0 unspecified atom stereocenters. The maximum atomic E-state index is 13.3. The fourth-order valence-corrected chi connectivity index (χ4v) is 1.00. The first-order valence-corrected chi connectivity index (χ1v) is 4.03. The van der Waals surface area contributed by atoms with Gasteiger partial charge in [0.25, 0.3) is 0 Å². The van der Waals surface area contributed by atoms with Gasteiger partial charge in [0, 0.05) is 5.56 Å². The molecule has 0 fully saturated rings. The van der Waals surface area contributed by atoms with Crippen LogP contribution in [0, 0.1) is 45.6 Å². The summed E-state index contributed by atoms with van der Waals surface area (Å²) < 4.78 is 26.4. The Morgan fingerprint density at radius 3 is 2.19 bits per heavy atom. The van der Waals surface area contributed by atoms with E-state index in [4.69, 9.17) is 15.8 Å². The highest BCUT2D eigenvalue weighted by molar-refractivity contribution is 5.63. The van der Waals surface area contributed by atoms with E-state index in [0.29, 0.717) is 6.07 Å². The molecule has 1 rings (SSSR count). The second kappa shape index (κ2) is 4.68. The fraction of sp³-hybridized carbons (Fsp3) is 0. The van der Waals surface area contributed by atoms with E-state index in [1.54, 1.807) is 0 Å². The Hall–Kier alpha value is -2.71. The second-order valence-electron chi connectivity index (χ2n) is 2.75. The van der Waals surface area contributed by atoms with E-state index in [1.165, 1.54) is 18.2 Å². The van der Waals surface area contributed by atoms with E-state index in [2.05, 4.69) is 0 Å². The van der Waals surface area contributed by atoms with Gasteiger partial charge < -0.3 is 0 Å². The quantitative estimate of drug-likeness (QED) is 0.674. The number of allylic oxidation sites excluding steroid dienone is 1. The van der Waals surface area contributed by atoms with Crippen LogP contribution in [0.4, 0.5) is 8.78 Å². The molecule has 3 nitrogen and oxygen atoms in total. The molecule has 0 heterocycles. The van der Waals surface area contributed by atoms with Crippen molar-refractivity contribution >= 4 is 6.08 Å². The Morgan fingerprint density at radius 1 is 1.06 bits per heavy atom. The predicted molar refractivity (Wildman–Crippen MR) is 50.3 cm³/mol. The average molecular weight is 215 g/mol. The average Bonchev–Trinajstić information content (AvgIpc) is 2.29. The molecule has 0 aromatic heterocycles. The van der Waals surface area contributed by atoms with Crippen LogP contribution in [0.25, 0.3) is 6.08 Å². The van der Waals surface area contributed by atoms with Gasteiger partial charge in [-0.15, -0.1) is 0 Å². The summed E-state index contributed by atoms with van der Waals surface area (Å²) in [5.41, 5.74) is -1.01. The molecule has 5 heteroatoms. The molecule has 0 saturated carbocycles. The molecule has 0 spiro atoms. The molecule has 0 saturated heterocycles. The highest BCUT2D eigenvalue weighted by Crippen LogP contribution is 2.16. The number of hydrogen-bond acceptors (Lipinski definition) is 3. The van der Waals surface area contributed by atoms with Crippen molar-refractivity contribution in [1.29, 1.82) is 15.8 Å². The Labute approximate surface area is 90.1 Å². The zero-order valence-electron chi connectivity index (χ0n) is 7.83. The van der Waals surface area contributed by atoms with Crippen LogP contribution in [0.2, 0.25) is 0 Å². The third kappa shape index (κ3) is 2.20. The summed E-state index contributed by atoms with van der Waals surface area (Å²) >= 11 is 0. The fourth-order valence-electron chi connectivity index (χ4n) is 1.00. The Balaban J connectivity index is 3.36. The van der Waals surface area contributed by atoms with Gasteiger partial charge in [-0.1, -0.05) is 0 Å². The van der Waals surface area contributed by atoms with E-state index < -0.39 is 17.2 Å². The Bertz CT molecular complexity index is 567. The van der Waals surface area contributed by atoms with Gasteiger partial charge in [0.1, 0.15) is 35.4 Å². The van der Waals surface area contributed by atoms with Gasteiger partial charge in [-0.3, -0.25) is 0 Å². The summed E-state index contributed by atoms with van der Waals surface area (Å²) in [4.78, 5) is 0. The lowest BCUT2D eigenvalue weighted by Crippen LogP contribution is -1.91. The second-order valence-corrected chi connectivity index (χ2v) is 2.75. The highest BCUT2D eigenvalue weighted by atomic mass is 19.1. The molecule has 0 aliphatic carbocycles. The van der Waals surface area contributed by atoms with Crippen LogP contribution in [-0.4, -0.2) is 0 Å². The molecule has 76 valence electrons. The van der Waals surface area contributed by atoms with Crippen LogP contribution in [0.1, 0.15) is 11.1 Å². The van der Waals surface area contributed by atoms with Gasteiger partial charge in [-0.2, -0.15) is 15.8 Å². The Morgan fingerprint density at radius 2 is 1.69 bits per heavy atom. The van der Waals surface area contributed by atoms with Crippen LogP contribution in [-0.2, 0) is 0 Å². The predicted octanol–water partition coefficient (Wildman–Crippen LogP) is 2.27. The van der Waals surface area contributed by atoms with E-state index in [-0.39, 0.29) is 11.1 Å². The lowest BCUT2D eigenvalue weighted by Gasteiger charge is -1.98.